The van der Waals surface area contributed by atoms with Gasteiger partial charge in [0.25, 0.3) is 0 Å². The van der Waals surface area contributed by atoms with Gasteiger partial charge in [0.15, 0.2) is 6.29 Å². The molecular weight excluding hydrogens is 352 g/mol. The molecule has 4 nitrogen and oxygen atoms in total. The number of allylic oxidation sites excluding steroid dienone is 3. The summed E-state index contributed by atoms with van der Waals surface area (Å²) in [6.07, 6.45) is 10.6. The van der Waals surface area contributed by atoms with Crippen LogP contribution in [0.1, 0.15) is 52.9 Å². The first-order valence-electron chi connectivity index (χ1n) is 11.4. The van der Waals surface area contributed by atoms with Crippen LogP contribution in [0.25, 0.3) is 0 Å². The standard InChI is InChI=1S/C24H34O4/c1-13(22-26-10-11-27-22)16-6-7-17-15-5-4-14-12-19(25)20-21(28-20)24(14,3)18(15)8-9-23(16,17)2/h4-5,13,16-22,25H,6-12H2,1-3H3/t13?,16-,17+,18+,19-,20+,21+,23-,24+/m1/s1. The summed E-state index contributed by atoms with van der Waals surface area (Å²) in [7, 11) is 0. The Morgan fingerprint density at radius 3 is 2.64 bits per heavy atom. The third-order valence-corrected chi connectivity index (χ3v) is 9.72. The second-order valence-electron chi connectivity index (χ2n) is 10.7. The van der Waals surface area contributed by atoms with Crippen molar-refractivity contribution in [3.05, 3.63) is 23.3 Å². The van der Waals surface area contributed by atoms with E-state index in [2.05, 4.69) is 32.9 Å². The molecule has 154 valence electrons. The number of fused-ring (bicyclic) bond motifs is 7. The van der Waals surface area contributed by atoms with E-state index in [1.54, 1.807) is 5.57 Å². The molecule has 0 aromatic rings. The summed E-state index contributed by atoms with van der Waals surface area (Å²) in [5, 5.41) is 10.3. The number of aliphatic hydroxyl groups is 1. The van der Waals surface area contributed by atoms with Gasteiger partial charge in [-0.25, -0.2) is 0 Å². The van der Waals surface area contributed by atoms with Crippen molar-refractivity contribution in [2.24, 2.45) is 34.5 Å². The first-order chi connectivity index (χ1) is 13.4. The molecule has 4 aliphatic carbocycles. The second-order valence-corrected chi connectivity index (χ2v) is 10.7. The van der Waals surface area contributed by atoms with E-state index in [0.29, 0.717) is 29.1 Å². The molecule has 0 aromatic heterocycles. The topological polar surface area (TPSA) is 51.2 Å². The SMILES string of the molecule is CC(C1OCCO1)[C@H]1CC[C@H]2C3=CC=C4C[C@@H](O)[C@@H]5O[C@@H]5[C@]4(C)[C@H]3CC[C@]12C. The van der Waals surface area contributed by atoms with E-state index >= 15 is 0 Å². The van der Waals surface area contributed by atoms with Gasteiger partial charge in [-0.05, 0) is 55.3 Å². The average Bonchev–Trinajstić information content (AvgIpc) is 3.17. The lowest BCUT2D eigenvalue weighted by Crippen LogP contribution is -2.50. The molecule has 28 heavy (non-hydrogen) atoms. The molecule has 2 saturated heterocycles. The fourth-order valence-corrected chi connectivity index (χ4v) is 8.16. The van der Waals surface area contributed by atoms with Crippen LogP contribution in [0.2, 0.25) is 0 Å². The van der Waals surface area contributed by atoms with Gasteiger partial charge in [0, 0.05) is 11.3 Å². The minimum atomic E-state index is -0.309. The van der Waals surface area contributed by atoms with Crippen LogP contribution in [0, 0.1) is 34.5 Å². The Morgan fingerprint density at radius 2 is 1.86 bits per heavy atom. The van der Waals surface area contributed by atoms with Gasteiger partial charge < -0.3 is 19.3 Å². The molecule has 1 unspecified atom stereocenters. The van der Waals surface area contributed by atoms with Crippen LogP contribution >= 0.6 is 0 Å². The highest BCUT2D eigenvalue weighted by Crippen LogP contribution is 2.68. The van der Waals surface area contributed by atoms with Gasteiger partial charge in [-0.2, -0.15) is 0 Å². The Bertz CT molecular complexity index is 737. The van der Waals surface area contributed by atoms with Crippen molar-refractivity contribution in [2.75, 3.05) is 13.2 Å². The zero-order chi connectivity index (χ0) is 19.3. The van der Waals surface area contributed by atoms with Gasteiger partial charge in [-0.15, -0.1) is 0 Å². The van der Waals surface area contributed by atoms with E-state index in [4.69, 9.17) is 14.2 Å². The lowest BCUT2D eigenvalue weighted by molar-refractivity contribution is -0.111. The van der Waals surface area contributed by atoms with Gasteiger partial charge in [-0.1, -0.05) is 44.1 Å². The van der Waals surface area contributed by atoms with Crippen molar-refractivity contribution in [3.8, 4) is 0 Å². The van der Waals surface area contributed by atoms with Crippen LogP contribution in [0.15, 0.2) is 23.3 Å². The minimum absolute atomic E-state index is 0.0110. The molecule has 2 aliphatic heterocycles. The van der Waals surface area contributed by atoms with E-state index in [0.717, 1.165) is 19.6 Å². The molecule has 3 saturated carbocycles. The number of rotatable bonds is 2. The van der Waals surface area contributed by atoms with Crippen LogP contribution in [0.3, 0.4) is 0 Å². The molecule has 0 bridgehead atoms. The average molecular weight is 387 g/mol. The molecule has 0 radical (unpaired) electrons. The fraction of sp³-hybridized carbons (Fsp3) is 0.833. The lowest BCUT2D eigenvalue weighted by Gasteiger charge is -2.54. The van der Waals surface area contributed by atoms with Crippen LogP contribution in [-0.2, 0) is 14.2 Å². The maximum atomic E-state index is 10.3. The lowest BCUT2D eigenvalue weighted by atomic mass is 9.50. The Kier molecular flexibility index (Phi) is 3.84. The monoisotopic (exact) mass is 386 g/mol. The number of epoxide rings is 1. The van der Waals surface area contributed by atoms with Crippen molar-refractivity contribution >= 4 is 0 Å². The van der Waals surface area contributed by atoms with Crippen molar-refractivity contribution in [1.82, 2.24) is 0 Å². The minimum Gasteiger partial charge on any atom is -0.390 e. The van der Waals surface area contributed by atoms with Gasteiger partial charge in [-0.3, -0.25) is 0 Å². The maximum Gasteiger partial charge on any atom is 0.160 e. The predicted octanol–water partition coefficient (Wildman–Crippen LogP) is 3.84. The third-order valence-electron chi connectivity index (χ3n) is 9.72. The zero-order valence-electron chi connectivity index (χ0n) is 17.4. The molecule has 0 aromatic carbocycles. The maximum absolute atomic E-state index is 10.3. The van der Waals surface area contributed by atoms with Crippen LogP contribution in [0.4, 0.5) is 0 Å². The molecule has 5 fully saturated rings. The first-order valence-corrected chi connectivity index (χ1v) is 11.4. The summed E-state index contributed by atoms with van der Waals surface area (Å²) >= 11 is 0. The van der Waals surface area contributed by atoms with Crippen molar-refractivity contribution < 1.29 is 19.3 Å². The molecule has 0 spiro atoms. The Labute approximate surface area is 168 Å². The molecule has 9 atom stereocenters. The van der Waals surface area contributed by atoms with Gasteiger partial charge in [0.05, 0.1) is 25.4 Å². The second kappa shape index (κ2) is 5.94. The Balaban J connectivity index is 1.32. The summed E-state index contributed by atoms with van der Waals surface area (Å²) < 4.78 is 17.8. The normalized spacial score (nSPS) is 53.4. The molecular formula is C24H34O4. The van der Waals surface area contributed by atoms with E-state index in [-0.39, 0.29) is 30.0 Å². The summed E-state index contributed by atoms with van der Waals surface area (Å²) in [6.45, 7) is 8.80. The van der Waals surface area contributed by atoms with E-state index in [9.17, 15) is 5.11 Å². The van der Waals surface area contributed by atoms with Crippen molar-refractivity contribution in [3.63, 3.8) is 0 Å². The van der Waals surface area contributed by atoms with Gasteiger partial charge in [0.2, 0.25) is 0 Å². The Hall–Kier alpha value is -0.680. The van der Waals surface area contributed by atoms with Crippen LogP contribution in [0.5, 0.6) is 0 Å². The van der Waals surface area contributed by atoms with Gasteiger partial charge in [0.1, 0.15) is 6.10 Å². The van der Waals surface area contributed by atoms with Crippen LogP contribution < -0.4 is 0 Å². The Morgan fingerprint density at radius 1 is 1.07 bits per heavy atom. The number of hydrogen-bond acceptors (Lipinski definition) is 4. The zero-order valence-corrected chi connectivity index (χ0v) is 17.4. The summed E-state index contributed by atoms with van der Waals surface area (Å²) in [5.74, 6) is 2.37. The van der Waals surface area contributed by atoms with Gasteiger partial charge >= 0.3 is 0 Å². The van der Waals surface area contributed by atoms with Crippen molar-refractivity contribution in [2.45, 2.75) is 77.5 Å². The smallest absolute Gasteiger partial charge is 0.160 e. The summed E-state index contributed by atoms with van der Waals surface area (Å²) in [6, 6.07) is 0. The highest BCUT2D eigenvalue weighted by atomic mass is 16.7. The van der Waals surface area contributed by atoms with Crippen molar-refractivity contribution in [1.29, 1.82) is 0 Å². The molecule has 2 heterocycles. The predicted molar refractivity (Wildman–Crippen MR) is 105 cm³/mol. The van der Waals surface area contributed by atoms with Crippen LogP contribution in [-0.4, -0.2) is 42.9 Å². The van der Waals surface area contributed by atoms with E-state index < -0.39 is 0 Å². The highest BCUT2D eigenvalue weighted by Gasteiger charge is 2.66. The molecule has 6 rings (SSSR count). The summed E-state index contributed by atoms with van der Waals surface area (Å²) in [4.78, 5) is 0. The highest BCUT2D eigenvalue weighted by molar-refractivity contribution is 5.42. The molecule has 6 aliphatic rings. The van der Waals surface area contributed by atoms with E-state index in [1.165, 1.54) is 31.3 Å². The largest absolute Gasteiger partial charge is 0.390 e. The summed E-state index contributed by atoms with van der Waals surface area (Å²) in [5.41, 5.74) is 3.54. The number of hydrogen-bond donors (Lipinski definition) is 1. The number of ether oxygens (including phenoxy) is 3. The molecule has 0 amide bonds. The van der Waals surface area contributed by atoms with E-state index in [1.807, 2.05) is 0 Å². The fourth-order valence-electron chi connectivity index (χ4n) is 8.16. The first kappa shape index (κ1) is 18.1. The quantitative estimate of drug-likeness (QED) is 0.733. The molecule has 1 N–H and O–H groups in total. The number of aliphatic hydroxyl groups excluding tert-OH is 1. The third kappa shape index (κ3) is 2.21. The molecule has 4 heteroatoms.